The van der Waals surface area contributed by atoms with Crippen LogP contribution in [0.25, 0.3) is 0 Å². The Morgan fingerprint density at radius 2 is 2.21 bits per heavy atom. The van der Waals surface area contributed by atoms with Gasteiger partial charge in [-0.05, 0) is 63.8 Å². The van der Waals surface area contributed by atoms with Crippen LogP contribution < -0.4 is 5.32 Å². The van der Waals surface area contributed by atoms with E-state index >= 15 is 0 Å². The monoisotopic (exact) mass is 331 g/mol. The summed E-state index contributed by atoms with van der Waals surface area (Å²) >= 11 is 0. The molecule has 6 nitrogen and oxygen atoms in total. The highest BCUT2D eigenvalue weighted by atomic mass is 16.2. The maximum absolute atomic E-state index is 12.8. The van der Waals surface area contributed by atoms with Gasteiger partial charge in [0.1, 0.15) is 6.33 Å². The van der Waals surface area contributed by atoms with Crippen LogP contribution in [0.3, 0.4) is 0 Å². The zero-order chi connectivity index (χ0) is 17.0. The molecule has 3 heterocycles. The van der Waals surface area contributed by atoms with Crippen molar-refractivity contribution in [3.63, 3.8) is 0 Å². The Morgan fingerprint density at radius 1 is 1.42 bits per heavy atom. The molecule has 2 aliphatic heterocycles. The van der Waals surface area contributed by atoms with E-state index in [0.29, 0.717) is 12.0 Å². The van der Waals surface area contributed by atoms with Gasteiger partial charge in [0.15, 0.2) is 0 Å². The van der Waals surface area contributed by atoms with Crippen LogP contribution in [0, 0.1) is 5.41 Å². The van der Waals surface area contributed by atoms with Crippen molar-refractivity contribution in [2.24, 2.45) is 5.41 Å². The van der Waals surface area contributed by atoms with Crippen molar-refractivity contribution in [1.82, 2.24) is 25.1 Å². The summed E-state index contributed by atoms with van der Waals surface area (Å²) < 4.78 is 0. The number of likely N-dealkylation sites (tertiary alicyclic amines) is 2. The number of hydrogen-bond donors (Lipinski definition) is 1. The first-order valence-electron chi connectivity index (χ1n) is 9.07. The summed E-state index contributed by atoms with van der Waals surface area (Å²) in [4.78, 5) is 25.7. The molecule has 1 spiro atoms. The normalized spacial score (nSPS) is 24.3. The smallest absolute Gasteiger partial charge is 0.237 e. The number of nitrogens with one attached hydrogen (secondary N) is 1. The predicted octanol–water partition coefficient (Wildman–Crippen LogP) is 1.29. The number of rotatable bonds is 5. The number of amides is 1. The number of hydrogen-bond acceptors (Lipinski definition) is 5. The van der Waals surface area contributed by atoms with Crippen molar-refractivity contribution in [2.75, 3.05) is 33.2 Å². The fourth-order valence-electron chi connectivity index (χ4n) is 4.10. The maximum atomic E-state index is 12.8. The highest BCUT2D eigenvalue weighted by Crippen LogP contribution is 2.43. The average Bonchev–Trinajstić information content (AvgIpc) is 2.95. The minimum absolute atomic E-state index is 0.00944. The Labute approximate surface area is 144 Å². The molecule has 1 N–H and O–H groups in total. The maximum Gasteiger partial charge on any atom is 0.237 e. The van der Waals surface area contributed by atoms with Gasteiger partial charge in [-0.25, -0.2) is 9.97 Å². The lowest BCUT2D eigenvalue weighted by molar-refractivity contribution is -0.125. The zero-order valence-corrected chi connectivity index (χ0v) is 14.9. The zero-order valence-electron chi connectivity index (χ0n) is 14.9. The Morgan fingerprint density at radius 3 is 2.88 bits per heavy atom. The van der Waals surface area contributed by atoms with Crippen LogP contribution in [0.5, 0.6) is 0 Å². The van der Waals surface area contributed by atoms with Crippen LogP contribution in [0.15, 0.2) is 18.6 Å². The summed E-state index contributed by atoms with van der Waals surface area (Å²) in [5, 5.41) is 3.08. The van der Waals surface area contributed by atoms with E-state index in [1.165, 1.54) is 19.2 Å². The van der Waals surface area contributed by atoms with Gasteiger partial charge in [0, 0.05) is 12.7 Å². The van der Waals surface area contributed by atoms with E-state index in [0.717, 1.165) is 44.7 Å². The molecule has 24 heavy (non-hydrogen) atoms. The quantitative estimate of drug-likeness (QED) is 0.881. The third-order valence-corrected chi connectivity index (χ3v) is 5.55. The van der Waals surface area contributed by atoms with Crippen molar-refractivity contribution in [2.45, 2.75) is 45.2 Å². The van der Waals surface area contributed by atoms with Gasteiger partial charge >= 0.3 is 0 Å². The summed E-state index contributed by atoms with van der Waals surface area (Å²) in [6.07, 6.45) is 7.73. The molecule has 0 bridgehead atoms. The van der Waals surface area contributed by atoms with Gasteiger partial charge < -0.3 is 10.2 Å². The number of nitrogens with zero attached hydrogens (tertiary/aromatic N) is 4. The largest absolute Gasteiger partial charge is 0.349 e. The first-order chi connectivity index (χ1) is 11.6. The lowest BCUT2D eigenvalue weighted by atomic mass is 9.76. The van der Waals surface area contributed by atoms with Crippen molar-refractivity contribution < 1.29 is 4.79 Å². The lowest BCUT2D eigenvalue weighted by Crippen LogP contribution is -2.43. The molecular weight excluding hydrogens is 302 g/mol. The molecule has 2 saturated heterocycles. The van der Waals surface area contributed by atoms with Crippen molar-refractivity contribution in [3.8, 4) is 0 Å². The van der Waals surface area contributed by atoms with Gasteiger partial charge in [-0.3, -0.25) is 9.69 Å². The fourth-order valence-corrected chi connectivity index (χ4v) is 4.10. The van der Waals surface area contributed by atoms with Gasteiger partial charge in [0.05, 0.1) is 18.3 Å². The van der Waals surface area contributed by atoms with Crippen molar-refractivity contribution in [1.29, 1.82) is 0 Å². The van der Waals surface area contributed by atoms with E-state index in [2.05, 4.69) is 39.1 Å². The molecule has 0 radical (unpaired) electrons. The van der Waals surface area contributed by atoms with Gasteiger partial charge in [-0.15, -0.1) is 0 Å². The molecule has 132 valence electrons. The molecule has 1 unspecified atom stereocenters. The average molecular weight is 331 g/mol. The minimum Gasteiger partial charge on any atom is -0.349 e. The van der Waals surface area contributed by atoms with Crippen LogP contribution in [0.2, 0.25) is 0 Å². The second-order valence-electron chi connectivity index (χ2n) is 7.41. The Bertz CT molecular complexity index is 542. The van der Waals surface area contributed by atoms with Gasteiger partial charge in [-0.1, -0.05) is 6.92 Å². The lowest BCUT2D eigenvalue weighted by Gasteiger charge is -2.37. The van der Waals surface area contributed by atoms with Crippen LogP contribution in [-0.2, 0) is 11.3 Å². The second-order valence-corrected chi connectivity index (χ2v) is 7.41. The van der Waals surface area contributed by atoms with E-state index in [1.807, 2.05) is 6.07 Å². The number of aromatic nitrogens is 2. The Balaban J connectivity index is 1.62. The molecule has 3 rings (SSSR count). The van der Waals surface area contributed by atoms with Crippen LogP contribution >= 0.6 is 0 Å². The molecule has 0 saturated carbocycles. The topological polar surface area (TPSA) is 61.4 Å². The summed E-state index contributed by atoms with van der Waals surface area (Å²) in [5.41, 5.74) is 1.19. The fraction of sp³-hybridized carbons (Fsp3) is 0.722. The van der Waals surface area contributed by atoms with Crippen molar-refractivity contribution in [3.05, 3.63) is 24.3 Å². The molecule has 0 aromatic carbocycles. The standard InChI is InChI=1S/C18H29N5O/c1-3-8-23-13-18(5-9-22(2)10-6-18)11-16(23)17(24)20-12-15-4-7-19-14-21-15/h4,7,14,16H,3,5-6,8-13H2,1-2H3,(H,20,24). The molecule has 6 heteroatoms. The second kappa shape index (κ2) is 7.57. The van der Waals surface area contributed by atoms with E-state index in [4.69, 9.17) is 0 Å². The van der Waals surface area contributed by atoms with Crippen LogP contribution in [0.4, 0.5) is 0 Å². The Hall–Kier alpha value is -1.53. The molecule has 2 aliphatic rings. The molecule has 0 aliphatic carbocycles. The summed E-state index contributed by atoms with van der Waals surface area (Å²) in [6.45, 7) is 7.04. The number of carbonyl (C=O) groups excluding carboxylic acids is 1. The molecule has 1 atom stereocenters. The van der Waals surface area contributed by atoms with E-state index < -0.39 is 0 Å². The minimum atomic E-state index is 0.00944. The first-order valence-corrected chi connectivity index (χ1v) is 9.07. The van der Waals surface area contributed by atoms with Crippen LogP contribution in [0.1, 0.15) is 38.3 Å². The van der Waals surface area contributed by atoms with E-state index in [9.17, 15) is 4.79 Å². The Kier molecular flexibility index (Phi) is 5.46. The van der Waals surface area contributed by atoms with Gasteiger partial charge in [0.2, 0.25) is 5.91 Å². The highest BCUT2D eigenvalue weighted by Gasteiger charge is 2.47. The van der Waals surface area contributed by atoms with Crippen LogP contribution in [-0.4, -0.2) is 64.9 Å². The van der Waals surface area contributed by atoms with Gasteiger partial charge in [0.25, 0.3) is 0 Å². The number of piperidine rings is 1. The molecule has 1 amide bonds. The third kappa shape index (κ3) is 3.92. The highest BCUT2D eigenvalue weighted by molar-refractivity contribution is 5.82. The molecule has 1 aromatic heterocycles. The predicted molar refractivity (Wildman–Crippen MR) is 93.3 cm³/mol. The molecule has 1 aromatic rings. The molecular formula is C18H29N5O. The number of carbonyl (C=O) groups is 1. The SMILES string of the molecule is CCCN1CC2(CCN(C)CC2)CC1C(=O)NCc1ccncn1. The van der Waals surface area contributed by atoms with E-state index in [1.54, 1.807) is 6.20 Å². The van der Waals surface area contributed by atoms with E-state index in [-0.39, 0.29) is 11.9 Å². The first kappa shape index (κ1) is 17.3. The molecule has 2 fully saturated rings. The summed E-state index contributed by atoms with van der Waals surface area (Å²) in [5.74, 6) is 0.151. The summed E-state index contributed by atoms with van der Waals surface area (Å²) in [7, 11) is 2.19. The third-order valence-electron chi connectivity index (χ3n) is 5.55. The van der Waals surface area contributed by atoms with Gasteiger partial charge in [-0.2, -0.15) is 0 Å². The van der Waals surface area contributed by atoms with Crippen molar-refractivity contribution >= 4 is 5.91 Å². The summed E-state index contributed by atoms with van der Waals surface area (Å²) in [6, 6.07) is 1.85.